The number of carbonyl (C=O) groups excluding carboxylic acids is 1. The van der Waals surface area contributed by atoms with Crippen molar-refractivity contribution in [2.24, 2.45) is 0 Å². The molecule has 0 amide bonds. The molecule has 0 radical (unpaired) electrons. The van der Waals surface area contributed by atoms with E-state index in [1.807, 2.05) is 34.9 Å². The molecule has 2 aromatic heterocycles. The van der Waals surface area contributed by atoms with E-state index in [1.165, 1.54) is 5.56 Å². The Kier molecular flexibility index (Phi) is 3.96. The number of fused-ring (bicyclic) bond motifs is 3. The Morgan fingerprint density at radius 3 is 2.54 bits per heavy atom. The largest absolute Gasteiger partial charge is 0.496 e. The fraction of sp³-hybridized carbons (Fsp3) is 0.182. The molecular formula is C22H20N2O2. The van der Waals surface area contributed by atoms with Crippen LogP contribution in [0.5, 0.6) is 5.75 Å². The molecule has 0 aliphatic carbocycles. The molecule has 0 aliphatic rings. The van der Waals surface area contributed by atoms with Crippen LogP contribution in [0.4, 0.5) is 0 Å². The van der Waals surface area contributed by atoms with E-state index in [2.05, 4.69) is 37.0 Å². The van der Waals surface area contributed by atoms with Gasteiger partial charge in [0.15, 0.2) is 0 Å². The highest BCUT2D eigenvalue weighted by molar-refractivity contribution is 6.08. The van der Waals surface area contributed by atoms with Crippen LogP contribution in [-0.2, 0) is 0 Å². The van der Waals surface area contributed by atoms with E-state index in [1.54, 1.807) is 19.2 Å². The third kappa shape index (κ3) is 2.64. The van der Waals surface area contributed by atoms with Gasteiger partial charge in [-0.05, 0) is 23.6 Å². The zero-order chi connectivity index (χ0) is 18.3. The van der Waals surface area contributed by atoms with Gasteiger partial charge in [0.2, 0.25) is 5.78 Å². The number of nitrogens with zero attached hydrogens (tertiary/aromatic N) is 2. The van der Waals surface area contributed by atoms with E-state index < -0.39 is 0 Å². The van der Waals surface area contributed by atoms with Gasteiger partial charge in [0.25, 0.3) is 0 Å². The van der Waals surface area contributed by atoms with Gasteiger partial charge in [-0.2, -0.15) is 0 Å². The maximum Gasteiger partial charge on any atom is 0.212 e. The Morgan fingerprint density at radius 2 is 1.85 bits per heavy atom. The lowest BCUT2D eigenvalue weighted by molar-refractivity contribution is 0.103. The summed E-state index contributed by atoms with van der Waals surface area (Å²) in [5, 5.41) is 1.02. The van der Waals surface area contributed by atoms with Crippen LogP contribution in [-0.4, -0.2) is 22.3 Å². The standard InChI is InChI=1S/C22H20N2O2/c1-14(2)16-9-10-19-17(11-16)20(26-3)12-21-23-18(13-24(19)21)22(25)15-7-5-4-6-8-15/h4-14H,1-3H3. The fourth-order valence-corrected chi connectivity index (χ4v) is 3.22. The molecule has 0 N–H and O–H groups in total. The van der Waals surface area contributed by atoms with Crippen molar-refractivity contribution in [2.45, 2.75) is 19.8 Å². The monoisotopic (exact) mass is 344 g/mol. The van der Waals surface area contributed by atoms with Crippen LogP contribution in [0.1, 0.15) is 41.4 Å². The van der Waals surface area contributed by atoms with Gasteiger partial charge in [0.05, 0.1) is 12.6 Å². The van der Waals surface area contributed by atoms with Crippen molar-refractivity contribution in [1.29, 1.82) is 0 Å². The van der Waals surface area contributed by atoms with E-state index in [0.717, 1.165) is 16.7 Å². The fourth-order valence-electron chi connectivity index (χ4n) is 3.22. The summed E-state index contributed by atoms with van der Waals surface area (Å²) in [7, 11) is 1.66. The first-order chi connectivity index (χ1) is 12.6. The predicted molar refractivity (Wildman–Crippen MR) is 103 cm³/mol. The molecule has 0 fully saturated rings. The van der Waals surface area contributed by atoms with E-state index in [9.17, 15) is 4.79 Å². The molecule has 0 saturated carbocycles. The Balaban J connectivity index is 1.93. The number of carbonyl (C=O) groups is 1. The summed E-state index contributed by atoms with van der Waals surface area (Å²) < 4.78 is 7.54. The summed E-state index contributed by atoms with van der Waals surface area (Å²) in [6, 6.07) is 17.4. The summed E-state index contributed by atoms with van der Waals surface area (Å²) in [6.07, 6.45) is 1.81. The minimum atomic E-state index is -0.0831. The summed E-state index contributed by atoms with van der Waals surface area (Å²) in [5.41, 5.74) is 3.98. The van der Waals surface area contributed by atoms with Crippen molar-refractivity contribution >= 4 is 22.3 Å². The van der Waals surface area contributed by atoms with E-state index in [4.69, 9.17) is 4.74 Å². The first-order valence-electron chi connectivity index (χ1n) is 8.68. The van der Waals surface area contributed by atoms with Gasteiger partial charge in [0.1, 0.15) is 17.1 Å². The lowest BCUT2D eigenvalue weighted by Crippen LogP contribution is -2.00. The molecule has 0 atom stereocenters. The van der Waals surface area contributed by atoms with Crippen molar-refractivity contribution in [2.75, 3.05) is 7.11 Å². The molecule has 4 nitrogen and oxygen atoms in total. The molecule has 0 saturated heterocycles. The van der Waals surface area contributed by atoms with E-state index in [-0.39, 0.29) is 5.78 Å². The number of aromatic nitrogens is 2. The molecule has 0 spiro atoms. The van der Waals surface area contributed by atoms with Crippen LogP contribution in [0, 0.1) is 0 Å². The van der Waals surface area contributed by atoms with Crippen molar-refractivity contribution in [3.8, 4) is 5.75 Å². The highest BCUT2D eigenvalue weighted by Crippen LogP contribution is 2.31. The highest BCUT2D eigenvalue weighted by Gasteiger charge is 2.16. The number of imidazole rings is 1. The second kappa shape index (κ2) is 6.30. The zero-order valence-electron chi connectivity index (χ0n) is 15.1. The van der Waals surface area contributed by atoms with Gasteiger partial charge in [-0.1, -0.05) is 50.2 Å². The van der Waals surface area contributed by atoms with Crippen molar-refractivity contribution in [1.82, 2.24) is 9.38 Å². The number of hydrogen-bond acceptors (Lipinski definition) is 3. The molecule has 0 aliphatic heterocycles. The molecule has 2 heterocycles. The quantitative estimate of drug-likeness (QED) is 0.497. The lowest BCUT2D eigenvalue weighted by Gasteiger charge is -2.11. The molecule has 0 bridgehead atoms. The van der Waals surface area contributed by atoms with Crippen molar-refractivity contribution in [3.05, 3.63) is 77.6 Å². The smallest absolute Gasteiger partial charge is 0.212 e. The molecule has 130 valence electrons. The molecular weight excluding hydrogens is 324 g/mol. The van der Waals surface area contributed by atoms with E-state index >= 15 is 0 Å². The first kappa shape index (κ1) is 16.3. The zero-order valence-corrected chi connectivity index (χ0v) is 15.1. The third-order valence-electron chi connectivity index (χ3n) is 4.69. The Hall–Kier alpha value is -3.14. The number of rotatable bonds is 4. The maximum absolute atomic E-state index is 12.7. The maximum atomic E-state index is 12.7. The normalized spacial score (nSPS) is 11.4. The van der Waals surface area contributed by atoms with Crippen LogP contribution >= 0.6 is 0 Å². The molecule has 26 heavy (non-hydrogen) atoms. The third-order valence-corrected chi connectivity index (χ3v) is 4.69. The average molecular weight is 344 g/mol. The minimum Gasteiger partial charge on any atom is -0.496 e. The van der Waals surface area contributed by atoms with Crippen molar-refractivity contribution in [3.63, 3.8) is 0 Å². The predicted octanol–water partition coefficient (Wildman–Crippen LogP) is 4.85. The number of pyridine rings is 1. The van der Waals surface area contributed by atoms with Crippen LogP contribution in [0.3, 0.4) is 0 Å². The number of ether oxygens (including phenoxy) is 1. The summed E-state index contributed by atoms with van der Waals surface area (Å²) in [4.78, 5) is 17.3. The molecule has 2 aromatic carbocycles. The average Bonchev–Trinajstić information content (AvgIpc) is 3.11. The number of methoxy groups -OCH3 is 1. The Morgan fingerprint density at radius 1 is 1.08 bits per heavy atom. The van der Waals surface area contributed by atoms with Crippen LogP contribution in [0.2, 0.25) is 0 Å². The summed E-state index contributed by atoms with van der Waals surface area (Å²) >= 11 is 0. The van der Waals surface area contributed by atoms with Gasteiger partial charge in [-0.15, -0.1) is 0 Å². The summed E-state index contributed by atoms with van der Waals surface area (Å²) in [6.45, 7) is 4.33. The SMILES string of the molecule is COc1cc2nc(C(=O)c3ccccc3)cn2c2ccc(C(C)C)cc12. The van der Waals surface area contributed by atoms with Crippen LogP contribution in [0.15, 0.2) is 60.8 Å². The summed E-state index contributed by atoms with van der Waals surface area (Å²) in [5.74, 6) is 1.11. The van der Waals surface area contributed by atoms with Gasteiger partial charge < -0.3 is 4.74 Å². The minimum absolute atomic E-state index is 0.0831. The first-order valence-corrected chi connectivity index (χ1v) is 8.68. The number of hydrogen-bond donors (Lipinski definition) is 0. The van der Waals surface area contributed by atoms with Gasteiger partial charge in [-0.3, -0.25) is 9.20 Å². The Bertz CT molecular complexity index is 1110. The van der Waals surface area contributed by atoms with Gasteiger partial charge >= 0.3 is 0 Å². The molecule has 4 rings (SSSR count). The Labute approximate surface area is 152 Å². The number of benzene rings is 2. The topological polar surface area (TPSA) is 43.6 Å². The van der Waals surface area contributed by atoms with Crippen LogP contribution < -0.4 is 4.74 Å². The molecule has 0 unspecified atom stereocenters. The second-order valence-corrected chi connectivity index (χ2v) is 6.69. The highest BCUT2D eigenvalue weighted by atomic mass is 16.5. The van der Waals surface area contributed by atoms with Crippen LogP contribution in [0.25, 0.3) is 16.6 Å². The van der Waals surface area contributed by atoms with Crippen molar-refractivity contribution < 1.29 is 9.53 Å². The van der Waals surface area contributed by atoms with E-state index in [0.29, 0.717) is 22.8 Å². The number of ketones is 1. The molecule has 4 heteroatoms. The second-order valence-electron chi connectivity index (χ2n) is 6.69. The molecule has 4 aromatic rings. The lowest BCUT2D eigenvalue weighted by atomic mass is 10.0. The van der Waals surface area contributed by atoms with Gasteiger partial charge in [-0.25, -0.2) is 4.98 Å². The van der Waals surface area contributed by atoms with Gasteiger partial charge in [0, 0.05) is 23.2 Å².